The summed E-state index contributed by atoms with van der Waals surface area (Å²) in [5, 5.41) is 29.2. The van der Waals surface area contributed by atoms with Gasteiger partial charge >= 0.3 is 12.1 Å². The smallest absolute Gasteiger partial charge is 0.409 e. The van der Waals surface area contributed by atoms with Gasteiger partial charge in [0, 0.05) is 79.8 Å². The summed E-state index contributed by atoms with van der Waals surface area (Å²) in [5.41, 5.74) is 1.33. The second kappa shape index (κ2) is 24.4. The maximum atomic E-state index is 14.7. The maximum Gasteiger partial charge on any atom is 0.409 e. The quantitative estimate of drug-likeness (QED) is 0.0523. The van der Waals surface area contributed by atoms with Crippen LogP contribution in [-0.2, 0) is 54.2 Å². The van der Waals surface area contributed by atoms with Crippen LogP contribution in [0.1, 0.15) is 105 Å². The van der Waals surface area contributed by atoms with Crippen molar-refractivity contribution in [1.82, 2.24) is 10.4 Å². The van der Waals surface area contributed by atoms with Crippen LogP contribution in [-0.4, -0.2) is 125 Å². The zero-order chi connectivity index (χ0) is 52.7. The fourth-order valence-electron chi connectivity index (χ4n) is 8.99. The number of aliphatic hydroxyl groups is 2. The molecule has 4 heterocycles. The summed E-state index contributed by atoms with van der Waals surface area (Å²) in [6, 6.07) is 11.2. The standard InChI is InChI=1S/C52H70N4O14S2/c1-29(2)49(62)68-41-27-45(60)55(8)37-25-34(24-30(3)12-11-13-40(66-10)52(64)28-39(67-50(63)54-52)33(6)48-51(41,7)69-48)26-38(65-9)47(37)35-16-18-36(19-17-35)53-42(57)20-14-31(4)71-72-32(5)15-23-46(61)70-56-43(58)21-22-44(56)59/h11-13,16-19,25-26,29,31-33,39-41,48-49,62,64H,14-15,20-24,27-28H2,1-10H3,(H,53,57)(H,54,63)/b13-11+,30-12+/t31?,32?,33-,39+,40-,41+,48+,49?,51+,52+/m1/s1. The van der Waals surface area contributed by atoms with Crippen LogP contribution in [0.4, 0.5) is 16.2 Å². The van der Waals surface area contributed by atoms with Gasteiger partial charge < -0.3 is 49.0 Å². The van der Waals surface area contributed by atoms with Crippen molar-refractivity contribution in [1.29, 1.82) is 0 Å². The lowest BCUT2D eigenvalue weighted by Gasteiger charge is -2.42. The van der Waals surface area contributed by atoms with E-state index in [1.165, 1.54) is 7.11 Å². The van der Waals surface area contributed by atoms with Gasteiger partial charge in [0.05, 0.1) is 25.3 Å². The van der Waals surface area contributed by atoms with Crippen molar-refractivity contribution in [3.63, 3.8) is 0 Å². The molecule has 18 nitrogen and oxygen atoms in total. The summed E-state index contributed by atoms with van der Waals surface area (Å²) in [5.74, 6) is -2.42. The van der Waals surface area contributed by atoms with Crippen molar-refractivity contribution >= 4 is 68.7 Å². The Morgan fingerprint density at radius 1 is 0.972 bits per heavy atom. The minimum absolute atomic E-state index is 0.0216. The second-order valence-corrected chi connectivity index (χ2v) is 22.8. The number of hydroxylamine groups is 2. The highest BCUT2D eigenvalue weighted by molar-refractivity contribution is 8.77. The number of methoxy groups -OCH3 is 2. The van der Waals surface area contributed by atoms with Crippen LogP contribution in [0.15, 0.2) is 60.2 Å². The Kier molecular flexibility index (Phi) is 19.1. The number of carbonyl (C=O) groups excluding carboxylic acids is 6. The molecule has 6 rings (SSSR count). The first-order valence-corrected chi connectivity index (χ1v) is 26.7. The Labute approximate surface area is 429 Å². The first-order valence-electron chi connectivity index (χ1n) is 24.4. The van der Waals surface area contributed by atoms with Gasteiger partial charge in [-0.05, 0) is 68.5 Å². The van der Waals surface area contributed by atoms with Gasteiger partial charge in [0.2, 0.25) is 11.8 Å². The number of hydrogen-bond acceptors (Lipinski definition) is 16. The van der Waals surface area contributed by atoms with Crippen molar-refractivity contribution in [3.8, 4) is 16.9 Å². The van der Waals surface area contributed by atoms with Crippen LogP contribution in [0.5, 0.6) is 5.75 Å². The lowest BCUT2D eigenvalue weighted by Crippen LogP contribution is -2.63. The van der Waals surface area contributed by atoms with Gasteiger partial charge in [-0.1, -0.05) is 92.1 Å². The zero-order valence-corrected chi connectivity index (χ0v) is 44.4. The molecule has 72 heavy (non-hydrogen) atoms. The summed E-state index contributed by atoms with van der Waals surface area (Å²) < 4.78 is 30.1. The highest BCUT2D eigenvalue weighted by atomic mass is 33.1. The third-order valence-corrected chi connectivity index (χ3v) is 17.0. The Bertz CT molecular complexity index is 2370. The molecule has 3 fully saturated rings. The van der Waals surface area contributed by atoms with Crippen molar-refractivity contribution in [2.45, 2.75) is 159 Å². The van der Waals surface area contributed by atoms with Crippen molar-refractivity contribution < 1.29 is 67.5 Å². The number of benzene rings is 2. The van der Waals surface area contributed by atoms with E-state index in [0.717, 1.165) is 11.1 Å². The van der Waals surface area contributed by atoms with Gasteiger partial charge in [-0.15, -0.1) is 5.06 Å². The number of alkyl carbamates (subject to hydrolysis) is 1. The minimum Gasteiger partial charge on any atom is -0.496 e. The number of carbonyl (C=O) groups is 6. The SMILES string of the molecule is COc1cc2cc(c1-c1ccc(NC(=O)CCC(C)SSC(C)CCC(=O)ON3C(=O)CCC3=O)cc1)N(C)C(=O)C[C@H](OC(O)C(C)C)[C@]1(C)O[C@H]1[C@H](C)[C@@H]1C[C@@](O)(NC(=O)O1)[C@H](OC)/C=C/C=C(\C)C2. The van der Waals surface area contributed by atoms with Crippen molar-refractivity contribution in [3.05, 3.63) is 65.8 Å². The van der Waals surface area contributed by atoms with Crippen molar-refractivity contribution in [2.24, 2.45) is 11.8 Å². The van der Waals surface area contributed by atoms with Crippen LogP contribution in [0.25, 0.3) is 11.1 Å². The van der Waals surface area contributed by atoms with E-state index in [9.17, 15) is 39.0 Å². The van der Waals surface area contributed by atoms with E-state index in [4.69, 9.17) is 28.5 Å². The molecule has 0 aromatic heterocycles. The molecule has 3 unspecified atom stereocenters. The second-order valence-electron chi connectivity index (χ2n) is 19.7. The number of rotatable bonds is 17. The van der Waals surface area contributed by atoms with Crippen LogP contribution in [0, 0.1) is 11.8 Å². The number of allylic oxidation sites excluding steroid dienone is 3. The summed E-state index contributed by atoms with van der Waals surface area (Å²) in [6.45, 7) is 13.2. The van der Waals surface area contributed by atoms with Gasteiger partial charge in [-0.3, -0.25) is 24.5 Å². The van der Waals surface area contributed by atoms with Gasteiger partial charge in [0.15, 0.2) is 12.0 Å². The molecule has 10 atom stereocenters. The number of anilines is 2. The van der Waals surface area contributed by atoms with Crippen LogP contribution in [0.2, 0.25) is 0 Å². The normalized spacial score (nSPS) is 28.2. The number of aliphatic hydroxyl groups excluding tert-OH is 1. The molecule has 2 aromatic carbocycles. The molecule has 20 heteroatoms. The molecule has 4 aliphatic rings. The molecule has 4 bridgehead atoms. The number of hydrogen-bond donors (Lipinski definition) is 4. The van der Waals surface area contributed by atoms with Gasteiger partial charge in [0.1, 0.15) is 29.7 Å². The molecule has 0 saturated carbocycles. The third kappa shape index (κ3) is 14.0. The average Bonchev–Trinajstić information content (AvgIpc) is 3.94. The number of nitrogens with one attached hydrogen (secondary N) is 2. The Morgan fingerprint density at radius 2 is 1.62 bits per heavy atom. The van der Waals surface area contributed by atoms with E-state index >= 15 is 0 Å². The number of epoxide rings is 1. The first-order chi connectivity index (χ1) is 34.0. The van der Waals surface area contributed by atoms with E-state index < -0.39 is 71.8 Å². The number of imide groups is 1. The lowest BCUT2D eigenvalue weighted by molar-refractivity contribution is -0.197. The Balaban J connectivity index is 1.19. The number of ether oxygens (including phenoxy) is 5. The average molecular weight is 1040 g/mol. The van der Waals surface area contributed by atoms with E-state index in [-0.39, 0.29) is 66.8 Å². The largest absolute Gasteiger partial charge is 0.496 e. The van der Waals surface area contributed by atoms with E-state index in [1.807, 2.05) is 58.0 Å². The Hall–Kier alpha value is -4.96. The molecule has 4 aliphatic heterocycles. The molecule has 0 aliphatic carbocycles. The third-order valence-electron chi connectivity index (χ3n) is 13.5. The predicted octanol–water partition coefficient (Wildman–Crippen LogP) is 7.39. The molecule has 2 aromatic rings. The van der Waals surface area contributed by atoms with Gasteiger partial charge in [-0.2, -0.15) is 0 Å². The monoisotopic (exact) mass is 1040 g/mol. The molecule has 0 radical (unpaired) electrons. The molecular formula is C52H70N4O14S2. The van der Waals surface area contributed by atoms with E-state index in [1.54, 1.807) is 85.7 Å². The number of amides is 5. The zero-order valence-electron chi connectivity index (χ0n) is 42.8. The fourth-order valence-corrected chi connectivity index (χ4v) is 11.5. The summed E-state index contributed by atoms with van der Waals surface area (Å²) in [7, 11) is 7.91. The van der Waals surface area contributed by atoms with Crippen LogP contribution >= 0.6 is 21.6 Å². The molecule has 3 saturated heterocycles. The van der Waals surface area contributed by atoms with Gasteiger partial charge in [0.25, 0.3) is 11.8 Å². The summed E-state index contributed by atoms with van der Waals surface area (Å²) in [4.78, 5) is 83.1. The lowest BCUT2D eigenvalue weighted by atomic mass is 9.83. The maximum absolute atomic E-state index is 14.7. The van der Waals surface area contributed by atoms with Crippen molar-refractivity contribution in [2.75, 3.05) is 31.5 Å². The molecular weight excluding hydrogens is 969 g/mol. The van der Waals surface area contributed by atoms with Crippen LogP contribution in [0.3, 0.4) is 0 Å². The Morgan fingerprint density at radius 3 is 2.25 bits per heavy atom. The molecule has 5 amide bonds. The summed E-state index contributed by atoms with van der Waals surface area (Å²) >= 11 is 0. The first kappa shape index (κ1) is 56.3. The highest BCUT2D eigenvalue weighted by Crippen LogP contribution is 2.50. The topological polar surface area (TPSA) is 232 Å². The number of nitrogens with zero attached hydrogens (tertiary/aromatic N) is 2. The number of fused-ring (bicyclic) bond motifs is 5. The molecule has 394 valence electrons. The van der Waals surface area contributed by atoms with E-state index in [0.29, 0.717) is 52.6 Å². The predicted molar refractivity (Wildman–Crippen MR) is 273 cm³/mol. The van der Waals surface area contributed by atoms with Gasteiger partial charge in [-0.25, -0.2) is 9.59 Å². The van der Waals surface area contributed by atoms with E-state index in [2.05, 4.69) is 10.6 Å². The fraction of sp³-hybridized carbons (Fsp3) is 0.577. The minimum atomic E-state index is -1.81. The molecule has 0 spiro atoms. The molecule has 4 N–H and O–H groups in total. The highest BCUT2D eigenvalue weighted by Gasteiger charge is 2.64. The van der Waals surface area contributed by atoms with Crippen LogP contribution < -0.4 is 20.3 Å². The summed E-state index contributed by atoms with van der Waals surface area (Å²) in [6.07, 6.45) is 1.76.